The van der Waals surface area contributed by atoms with E-state index in [0.717, 1.165) is 0 Å². The van der Waals surface area contributed by atoms with Crippen molar-refractivity contribution in [2.75, 3.05) is 0 Å². The summed E-state index contributed by atoms with van der Waals surface area (Å²) in [6, 6.07) is 0. The van der Waals surface area contributed by atoms with E-state index in [9.17, 15) is 0 Å². The van der Waals surface area contributed by atoms with Crippen LogP contribution in [0.3, 0.4) is 0 Å². The summed E-state index contributed by atoms with van der Waals surface area (Å²) in [5.74, 6) is 0. The average Bonchev–Trinajstić information content (AvgIpc) is 0.811. The molecule has 0 unspecified atom stereocenters. The van der Waals surface area contributed by atoms with Gasteiger partial charge >= 0.3 is 42.8 Å². The molecule has 1 nitrogen and oxygen atoms in total. The van der Waals surface area contributed by atoms with Gasteiger partial charge in [-0.25, -0.2) is 0 Å². The number of rotatable bonds is 0. The van der Waals surface area contributed by atoms with Gasteiger partial charge in [-0.3, -0.25) is 0 Å². The van der Waals surface area contributed by atoms with Crippen molar-refractivity contribution < 1.29 is 15.2 Å². The molecule has 0 saturated carbocycles. The molecule has 0 saturated heterocycles. The normalized spacial score (nSPS) is 7.20. The third kappa shape index (κ3) is 28.8. The molecule has 0 amide bonds. The van der Waals surface area contributed by atoms with Crippen LogP contribution in [0.2, 0.25) is 0 Å². The number of hydrogen-bond donors (Lipinski definition) is 0. The summed E-state index contributed by atoms with van der Waals surface area (Å²) in [7, 11) is 15.0. The van der Waals surface area contributed by atoms with Crippen LogP contribution in [0.4, 0.5) is 0 Å². The molecule has 0 aromatic carbocycles. The second-order valence-corrected chi connectivity index (χ2v) is 14.1. The van der Waals surface area contributed by atoms with Crippen LogP contribution in [0.1, 0.15) is 0 Å². The minimum absolute atomic E-state index is 0. The van der Waals surface area contributed by atoms with E-state index in [1.807, 2.05) is 0 Å². The summed E-state index contributed by atoms with van der Waals surface area (Å²) >= 11 is -2.18. The largest absolute Gasteiger partial charge is 0.693 e. The molecule has 2 N–H and O–H groups in total. The molecule has 0 aliphatic carbocycles. The number of nitrogens with two attached hydrogens (primary N) is 1. The molecule has 0 spiro atoms. The van der Waals surface area contributed by atoms with Crippen molar-refractivity contribution in [2.24, 2.45) is 0 Å². The molecule has 0 aliphatic heterocycles. The Balaban J connectivity index is 0. The van der Waals surface area contributed by atoms with Gasteiger partial charge in [-0.05, 0) is 0 Å². The molecule has 0 aromatic rings. The second kappa shape index (κ2) is 5.57. The van der Waals surface area contributed by atoms with E-state index in [2.05, 4.69) is 0 Å². The monoisotopic (exact) mass is 302 g/mol. The Morgan fingerprint density at radius 2 is 1.00 bits per heavy atom. The fourth-order valence-electron chi connectivity index (χ4n) is 0. The molecule has 0 fully saturated rings. The smallest absolute Gasteiger partial charge is 0.693 e. The van der Waals surface area contributed by atoms with Gasteiger partial charge < -0.3 is 6.15 Å². The minimum atomic E-state index is -2.18. The van der Waals surface area contributed by atoms with Crippen LogP contribution in [-0.4, -0.2) is 0 Å². The van der Waals surface area contributed by atoms with Gasteiger partial charge in [0.1, 0.15) is 0 Å². The van der Waals surface area contributed by atoms with Crippen LogP contribution >= 0.6 is 27.6 Å². The van der Waals surface area contributed by atoms with Crippen molar-refractivity contribution in [3.8, 4) is 0 Å². The maximum Gasteiger partial charge on any atom is -0.693 e. The maximum atomic E-state index is 5.01. The number of halogens is 3. The Morgan fingerprint density at radius 1 is 1.00 bits per heavy atom. The zero-order chi connectivity index (χ0) is 3.58. The summed E-state index contributed by atoms with van der Waals surface area (Å²) in [6.07, 6.45) is 0. The average molecular weight is 303 g/mol. The first kappa shape index (κ1) is 9.76. The van der Waals surface area contributed by atoms with E-state index in [1.54, 1.807) is 0 Å². The third-order valence-electron chi connectivity index (χ3n) is 0. The van der Waals surface area contributed by atoms with E-state index >= 15 is 0 Å². The van der Waals surface area contributed by atoms with Crippen molar-refractivity contribution >= 4 is 27.6 Å². The topological polar surface area (TPSA) is 33.5 Å². The summed E-state index contributed by atoms with van der Waals surface area (Å²) in [6.45, 7) is 0. The van der Waals surface area contributed by atoms with Crippen LogP contribution in [0.25, 0.3) is 6.15 Å². The van der Waals surface area contributed by atoms with Gasteiger partial charge in [0.05, 0.1) is 0 Å². The second-order valence-electron chi connectivity index (χ2n) is 0.192. The standard InChI is InChI=1S/3ClH.H2N.Ta/h3*1H;1H2;/q;;;-1;+3/p-3. The predicted molar refractivity (Wildman–Crippen MR) is 22.8 cm³/mol. The zero-order valence-corrected chi connectivity index (χ0v) is 7.64. The van der Waals surface area contributed by atoms with Gasteiger partial charge in [-0.15, -0.1) is 0 Å². The Labute approximate surface area is 48.8 Å². The predicted octanol–water partition coefficient (Wildman–Crippen LogP) is 2.78. The molecule has 34 valence electrons. The van der Waals surface area contributed by atoms with Gasteiger partial charge in [0.15, 0.2) is 0 Å². The van der Waals surface area contributed by atoms with Crippen molar-refractivity contribution in [2.45, 2.75) is 0 Å². The quantitative estimate of drug-likeness (QED) is 0.659. The third-order valence-corrected chi connectivity index (χ3v) is 0. The SMILES string of the molecule is [Cl][Ta]([Cl])[Cl].[NH2-]. The van der Waals surface area contributed by atoms with E-state index < -0.39 is 15.2 Å². The molecule has 0 aromatic heterocycles. The zero-order valence-electron chi connectivity index (χ0n) is 2.16. The summed E-state index contributed by atoms with van der Waals surface area (Å²) < 4.78 is 0. The van der Waals surface area contributed by atoms with Crippen LogP contribution in [0.15, 0.2) is 0 Å². The van der Waals surface area contributed by atoms with Crippen molar-refractivity contribution in [3.63, 3.8) is 0 Å². The van der Waals surface area contributed by atoms with Crippen LogP contribution in [0, 0.1) is 0 Å². The van der Waals surface area contributed by atoms with Crippen LogP contribution in [0.5, 0.6) is 0 Å². The fraction of sp³-hybridized carbons (Fsp3) is 0. The first-order valence-corrected chi connectivity index (χ1v) is 12.5. The van der Waals surface area contributed by atoms with Gasteiger partial charge in [0.2, 0.25) is 0 Å². The van der Waals surface area contributed by atoms with Gasteiger partial charge in [0, 0.05) is 0 Å². The molecule has 5 heavy (non-hydrogen) atoms. The van der Waals surface area contributed by atoms with E-state index in [4.69, 9.17) is 27.6 Å². The van der Waals surface area contributed by atoms with Crippen molar-refractivity contribution in [1.82, 2.24) is 0 Å². The Hall–Kier alpha value is 1.57. The number of hydrogen-bond acceptors (Lipinski definition) is 0. The minimum Gasteiger partial charge on any atom is -0.693 e. The summed E-state index contributed by atoms with van der Waals surface area (Å²) in [5.41, 5.74) is 0. The Morgan fingerprint density at radius 3 is 1.00 bits per heavy atom. The van der Waals surface area contributed by atoms with Gasteiger partial charge in [-0.1, -0.05) is 0 Å². The Bertz CT molecular complexity index is 11.6. The van der Waals surface area contributed by atoms with Crippen molar-refractivity contribution in [3.05, 3.63) is 6.15 Å². The molecule has 5 heteroatoms. The molecule has 0 radical (unpaired) electrons. The molecule has 0 atom stereocenters. The molecular weight excluding hydrogens is 301 g/mol. The van der Waals surface area contributed by atoms with Crippen LogP contribution < -0.4 is 0 Å². The first-order valence-electron chi connectivity index (χ1n) is 0.507. The molecular formula is H2Cl3NTa-. The van der Waals surface area contributed by atoms with Gasteiger partial charge in [0.25, 0.3) is 0 Å². The molecule has 0 rings (SSSR count). The summed E-state index contributed by atoms with van der Waals surface area (Å²) in [5, 5.41) is 0. The van der Waals surface area contributed by atoms with E-state index in [0.29, 0.717) is 0 Å². The van der Waals surface area contributed by atoms with Crippen LogP contribution in [-0.2, 0) is 15.2 Å². The Kier molecular flexibility index (Phi) is 10.9. The molecule has 0 bridgehead atoms. The molecule has 0 aliphatic rings. The van der Waals surface area contributed by atoms with E-state index in [1.165, 1.54) is 0 Å². The fourth-order valence-corrected chi connectivity index (χ4v) is 0. The van der Waals surface area contributed by atoms with Crippen molar-refractivity contribution in [1.29, 1.82) is 0 Å². The van der Waals surface area contributed by atoms with Gasteiger partial charge in [-0.2, -0.15) is 0 Å². The summed E-state index contributed by atoms with van der Waals surface area (Å²) in [4.78, 5) is 0. The first-order chi connectivity index (χ1) is 1.73. The molecule has 0 heterocycles. The van der Waals surface area contributed by atoms with E-state index in [-0.39, 0.29) is 6.15 Å². The maximum absolute atomic E-state index is 5.01.